The van der Waals surface area contributed by atoms with Crippen LogP contribution in [0.4, 0.5) is 5.69 Å². The molecule has 0 heterocycles. The van der Waals surface area contributed by atoms with E-state index in [-0.39, 0.29) is 11.5 Å². The SMILES string of the molecule is COc1cc(N/C=C\C(C)=O)c(/C=C\c2cc(OC)c(OC)c(OC)c2)cc1O. The molecular weight excluding hydrogens is 374 g/mol. The van der Waals surface area contributed by atoms with Crippen LogP contribution in [0.1, 0.15) is 18.1 Å². The van der Waals surface area contributed by atoms with Crippen molar-refractivity contribution in [1.82, 2.24) is 0 Å². The van der Waals surface area contributed by atoms with Crippen molar-refractivity contribution >= 4 is 23.6 Å². The average molecular weight is 399 g/mol. The van der Waals surface area contributed by atoms with E-state index in [2.05, 4.69) is 5.32 Å². The average Bonchev–Trinajstić information content (AvgIpc) is 2.72. The summed E-state index contributed by atoms with van der Waals surface area (Å²) >= 11 is 0. The molecule has 0 unspecified atom stereocenters. The minimum absolute atomic E-state index is 0.00172. The van der Waals surface area contributed by atoms with Gasteiger partial charge in [0.05, 0.1) is 28.4 Å². The maximum absolute atomic E-state index is 11.1. The Balaban J connectivity index is 2.45. The summed E-state index contributed by atoms with van der Waals surface area (Å²) < 4.78 is 21.2. The van der Waals surface area contributed by atoms with Gasteiger partial charge in [-0.3, -0.25) is 4.79 Å². The number of benzene rings is 2. The van der Waals surface area contributed by atoms with E-state index in [9.17, 15) is 9.90 Å². The summed E-state index contributed by atoms with van der Waals surface area (Å²) in [6.07, 6.45) is 6.59. The quantitative estimate of drug-likeness (QED) is 0.373. The Hall–Kier alpha value is -3.61. The number of ether oxygens (including phenoxy) is 4. The molecule has 0 bridgehead atoms. The van der Waals surface area contributed by atoms with Crippen molar-refractivity contribution in [2.24, 2.45) is 0 Å². The molecule has 0 saturated carbocycles. The van der Waals surface area contributed by atoms with Crippen molar-refractivity contribution in [3.63, 3.8) is 0 Å². The highest BCUT2D eigenvalue weighted by Crippen LogP contribution is 2.39. The molecule has 2 aromatic carbocycles. The number of nitrogens with one attached hydrogen (secondary N) is 1. The van der Waals surface area contributed by atoms with Gasteiger partial charge in [0.15, 0.2) is 28.8 Å². The van der Waals surface area contributed by atoms with Gasteiger partial charge in [-0.05, 0) is 36.8 Å². The summed E-state index contributed by atoms with van der Waals surface area (Å²) in [4.78, 5) is 11.1. The third-order valence-electron chi connectivity index (χ3n) is 4.05. The van der Waals surface area contributed by atoms with E-state index in [0.29, 0.717) is 34.2 Å². The zero-order valence-corrected chi connectivity index (χ0v) is 17.1. The van der Waals surface area contributed by atoms with Gasteiger partial charge >= 0.3 is 0 Å². The zero-order chi connectivity index (χ0) is 21.4. The van der Waals surface area contributed by atoms with Crippen molar-refractivity contribution in [1.29, 1.82) is 0 Å². The monoisotopic (exact) mass is 399 g/mol. The molecule has 0 radical (unpaired) electrons. The van der Waals surface area contributed by atoms with Crippen LogP contribution in [0.25, 0.3) is 12.2 Å². The van der Waals surface area contributed by atoms with Gasteiger partial charge in [-0.1, -0.05) is 12.2 Å². The number of hydrogen-bond acceptors (Lipinski definition) is 7. The molecule has 0 spiro atoms. The molecule has 0 aliphatic carbocycles. The van der Waals surface area contributed by atoms with Crippen molar-refractivity contribution in [3.05, 3.63) is 47.7 Å². The summed E-state index contributed by atoms with van der Waals surface area (Å²) in [7, 11) is 6.11. The van der Waals surface area contributed by atoms with Crippen LogP contribution < -0.4 is 24.3 Å². The molecule has 0 amide bonds. The Kier molecular flexibility index (Phi) is 7.54. The lowest BCUT2D eigenvalue weighted by molar-refractivity contribution is -0.112. The van der Waals surface area contributed by atoms with Crippen molar-refractivity contribution in [2.45, 2.75) is 6.92 Å². The molecule has 154 valence electrons. The van der Waals surface area contributed by atoms with Crippen LogP contribution in [0.2, 0.25) is 0 Å². The Morgan fingerprint density at radius 1 is 0.897 bits per heavy atom. The fourth-order valence-electron chi connectivity index (χ4n) is 2.64. The van der Waals surface area contributed by atoms with Crippen LogP contribution in [0, 0.1) is 0 Å². The van der Waals surface area contributed by atoms with Crippen molar-refractivity contribution < 1.29 is 28.8 Å². The second-order valence-corrected chi connectivity index (χ2v) is 5.99. The highest BCUT2D eigenvalue weighted by Gasteiger charge is 2.12. The molecule has 0 aliphatic heterocycles. The number of anilines is 1. The van der Waals surface area contributed by atoms with Gasteiger partial charge in [0.1, 0.15) is 0 Å². The van der Waals surface area contributed by atoms with E-state index in [1.165, 1.54) is 26.3 Å². The first-order valence-corrected chi connectivity index (χ1v) is 8.76. The smallest absolute Gasteiger partial charge is 0.203 e. The molecule has 0 aromatic heterocycles. The number of rotatable bonds is 9. The highest BCUT2D eigenvalue weighted by atomic mass is 16.5. The number of carbonyl (C=O) groups excluding carboxylic acids is 1. The second-order valence-electron chi connectivity index (χ2n) is 5.99. The summed E-state index contributed by atoms with van der Waals surface area (Å²) in [5.74, 6) is 1.80. The first-order chi connectivity index (χ1) is 13.9. The van der Waals surface area contributed by atoms with Crippen LogP contribution in [-0.4, -0.2) is 39.3 Å². The summed E-state index contributed by atoms with van der Waals surface area (Å²) in [5, 5.41) is 13.2. The lowest BCUT2D eigenvalue weighted by atomic mass is 10.1. The molecule has 2 N–H and O–H groups in total. The molecule has 7 heteroatoms. The molecule has 7 nitrogen and oxygen atoms in total. The molecule has 0 aliphatic rings. The fourth-order valence-corrected chi connectivity index (χ4v) is 2.64. The molecule has 2 rings (SSSR count). The Labute approximate surface area is 170 Å². The van der Waals surface area contributed by atoms with Crippen LogP contribution in [0.5, 0.6) is 28.7 Å². The van der Waals surface area contributed by atoms with Crippen LogP contribution in [-0.2, 0) is 4.79 Å². The van der Waals surface area contributed by atoms with Gasteiger partial charge in [0.25, 0.3) is 0 Å². The molecule has 29 heavy (non-hydrogen) atoms. The number of ketones is 1. The van der Waals surface area contributed by atoms with Gasteiger partial charge in [-0.25, -0.2) is 0 Å². The Morgan fingerprint density at radius 2 is 1.52 bits per heavy atom. The first-order valence-electron chi connectivity index (χ1n) is 8.76. The lowest BCUT2D eigenvalue weighted by Crippen LogP contribution is -1.96. The molecule has 0 saturated heterocycles. The number of phenols is 1. The predicted octanol–water partition coefficient (Wildman–Crippen LogP) is 4.11. The van der Waals surface area contributed by atoms with Gasteiger partial charge in [0, 0.05) is 23.5 Å². The largest absolute Gasteiger partial charge is 0.504 e. The van der Waals surface area contributed by atoms with E-state index in [1.54, 1.807) is 33.5 Å². The lowest BCUT2D eigenvalue weighted by Gasteiger charge is -2.13. The van der Waals surface area contributed by atoms with Gasteiger partial charge in [-0.15, -0.1) is 0 Å². The second kappa shape index (κ2) is 10.1. The maximum atomic E-state index is 11.1. The Morgan fingerprint density at radius 3 is 2.03 bits per heavy atom. The van der Waals surface area contributed by atoms with Gasteiger partial charge in [-0.2, -0.15) is 0 Å². The van der Waals surface area contributed by atoms with Crippen molar-refractivity contribution in [3.8, 4) is 28.7 Å². The van der Waals surface area contributed by atoms with E-state index in [1.807, 2.05) is 24.3 Å². The minimum atomic E-state index is -0.0854. The number of methoxy groups -OCH3 is 4. The van der Waals surface area contributed by atoms with Gasteiger partial charge in [0.2, 0.25) is 5.75 Å². The van der Waals surface area contributed by atoms with E-state index >= 15 is 0 Å². The molecule has 0 atom stereocenters. The topological polar surface area (TPSA) is 86.3 Å². The van der Waals surface area contributed by atoms with Crippen LogP contribution >= 0.6 is 0 Å². The first kappa shape index (κ1) is 21.7. The minimum Gasteiger partial charge on any atom is -0.504 e. The summed E-state index contributed by atoms with van der Waals surface area (Å²) in [5.41, 5.74) is 2.14. The predicted molar refractivity (Wildman–Crippen MR) is 113 cm³/mol. The number of aromatic hydroxyl groups is 1. The van der Waals surface area contributed by atoms with E-state index in [0.717, 1.165) is 5.56 Å². The Bertz CT molecular complexity index is 908. The van der Waals surface area contributed by atoms with Gasteiger partial charge < -0.3 is 29.4 Å². The number of hydrogen-bond donors (Lipinski definition) is 2. The highest BCUT2D eigenvalue weighted by molar-refractivity contribution is 5.88. The summed E-state index contributed by atoms with van der Waals surface area (Å²) in [6, 6.07) is 6.83. The third kappa shape index (κ3) is 5.44. The molecule has 2 aromatic rings. The standard InChI is InChI=1S/C22H25NO6/c1-14(24)8-9-23-17-13-19(26-2)18(25)12-16(17)7-6-15-10-20(27-3)22(29-5)21(11-15)28-4/h6-13,23,25H,1-5H3/b7-6-,9-8-. The number of allylic oxidation sites excluding steroid dienone is 1. The fraction of sp³-hybridized carbons (Fsp3) is 0.227. The van der Waals surface area contributed by atoms with E-state index in [4.69, 9.17) is 18.9 Å². The summed E-state index contributed by atoms with van der Waals surface area (Å²) in [6.45, 7) is 1.46. The maximum Gasteiger partial charge on any atom is 0.203 e. The van der Waals surface area contributed by atoms with Crippen molar-refractivity contribution in [2.75, 3.05) is 33.8 Å². The molecular formula is C22H25NO6. The molecule has 0 fully saturated rings. The normalized spacial score (nSPS) is 10.9. The number of phenolic OH excluding ortho intramolecular Hbond substituents is 1. The third-order valence-corrected chi connectivity index (χ3v) is 4.05. The van der Waals surface area contributed by atoms with E-state index < -0.39 is 0 Å². The zero-order valence-electron chi connectivity index (χ0n) is 17.1. The van der Waals surface area contributed by atoms with Crippen LogP contribution in [0.3, 0.4) is 0 Å². The van der Waals surface area contributed by atoms with Crippen LogP contribution in [0.15, 0.2) is 36.5 Å². The number of carbonyl (C=O) groups is 1.